The molecule has 0 radical (unpaired) electrons. The van der Waals surface area contributed by atoms with Crippen molar-refractivity contribution >= 4 is 5.91 Å². The smallest absolute Gasteiger partial charge is 0.223 e. The Morgan fingerprint density at radius 1 is 1.20 bits per heavy atom. The molecule has 0 aromatic heterocycles. The van der Waals surface area contributed by atoms with Crippen LogP contribution >= 0.6 is 0 Å². The first-order chi connectivity index (χ1) is 9.66. The van der Waals surface area contributed by atoms with Gasteiger partial charge in [-0.15, -0.1) is 0 Å². The zero-order valence-electron chi connectivity index (χ0n) is 12.8. The third kappa shape index (κ3) is 4.74. The summed E-state index contributed by atoms with van der Waals surface area (Å²) in [6.07, 6.45) is 9.42. The van der Waals surface area contributed by atoms with Crippen LogP contribution in [0.25, 0.3) is 0 Å². The Morgan fingerprint density at radius 2 is 2.00 bits per heavy atom. The summed E-state index contributed by atoms with van der Waals surface area (Å²) in [5.74, 6) is 0.948. The maximum Gasteiger partial charge on any atom is 0.223 e. The summed E-state index contributed by atoms with van der Waals surface area (Å²) in [6, 6.07) is 0.207. The van der Waals surface area contributed by atoms with E-state index in [-0.39, 0.29) is 17.9 Å². The van der Waals surface area contributed by atoms with E-state index in [1.165, 1.54) is 25.7 Å². The molecule has 4 heteroatoms. The minimum atomic E-state index is 0.118. The van der Waals surface area contributed by atoms with Crippen molar-refractivity contribution in [1.29, 1.82) is 0 Å². The molecule has 116 valence electrons. The Morgan fingerprint density at radius 3 is 2.75 bits per heavy atom. The Balaban J connectivity index is 1.59. The van der Waals surface area contributed by atoms with Gasteiger partial charge in [0.15, 0.2) is 0 Å². The maximum atomic E-state index is 12.0. The second-order valence-electron chi connectivity index (χ2n) is 6.59. The van der Waals surface area contributed by atoms with Crippen molar-refractivity contribution in [3.63, 3.8) is 0 Å². The van der Waals surface area contributed by atoms with Gasteiger partial charge in [-0.1, -0.05) is 26.2 Å². The molecule has 2 aliphatic carbocycles. The number of hydrogen-bond acceptors (Lipinski definition) is 3. The van der Waals surface area contributed by atoms with E-state index in [4.69, 9.17) is 10.5 Å². The first-order valence-corrected chi connectivity index (χ1v) is 8.31. The summed E-state index contributed by atoms with van der Waals surface area (Å²) in [5, 5.41) is 3.01. The number of rotatable bonds is 5. The molecule has 0 bridgehead atoms. The number of ether oxygens (including phenoxy) is 1. The molecule has 0 heterocycles. The molecule has 2 rings (SSSR count). The number of carbonyl (C=O) groups excluding carboxylic acids is 1. The number of hydrogen-bond donors (Lipinski definition) is 2. The predicted molar refractivity (Wildman–Crippen MR) is 80.3 cm³/mol. The molecule has 1 amide bonds. The van der Waals surface area contributed by atoms with Gasteiger partial charge >= 0.3 is 0 Å². The summed E-state index contributed by atoms with van der Waals surface area (Å²) >= 11 is 0. The zero-order chi connectivity index (χ0) is 14.4. The van der Waals surface area contributed by atoms with Gasteiger partial charge in [0.05, 0.1) is 12.7 Å². The Kier molecular flexibility index (Phi) is 6.30. The van der Waals surface area contributed by atoms with Gasteiger partial charge in [0, 0.05) is 18.5 Å². The molecule has 0 aliphatic heterocycles. The summed E-state index contributed by atoms with van der Waals surface area (Å²) in [5.41, 5.74) is 5.93. The molecule has 0 saturated heterocycles. The monoisotopic (exact) mass is 282 g/mol. The van der Waals surface area contributed by atoms with Crippen molar-refractivity contribution in [3.05, 3.63) is 0 Å². The van der Waals surface area contributed by atoms with Crippen LogP contribution in [0.5, 0.6) is 0 Å². The highest BCUT2D eigenvalue weighted by Crippen LogP contribution is 2.26. The van der Waals surface area contributed by atoms with E-state index in [9.17, 15) is 4.79 Å². The Labute approximate surface area is 122 Å². The first-order valence-electron chi connectivity index (χ1n) is 8.31. The molecule has 2 saturated carbocycles. The van der Waals surface area contributed by atoms with Crippen molar-refractivity contribution in [2.45, 2.75) is 70.4 Å². The fourth-order valence-electron chi connectivity index (χ4n) is 3.52. The number of nitrogens with two attached hydrogens (primary N) is 1. The predicted octanol–water partition coefficient (Wildman–Crippen LogP) is 2.22. The summed E-state index contributed by atoms with van der Waals surface area (Å²) in [4.78, 5) is 12.0. The summed E-state index contributed by atoms with van der Waals surface area (Å²) in [6.45, 7) is 3.54. The van der Waals surface area contributed by atoms with E-state index in [2.05, 4.69) is 12.2 Å². The Hall–Kier alpha value is -0.610. The van der Waals surface area contributed by atoms with Crippen molar-refractivity contribution in [2.24, 2.45) is 17.6 Å². The highest BCUT2D eigenvalue weighted by atomic mass is 16.5. The zero-order valence-corrected chi connectivity index (χ0v) is 12.8. The molecule has 4 unspecified atom stereocenters. The first kappa shape index (κ1) is 15.8. The van der Waals surface area contributed by atoms with E-state index < -0.39 is 0 Å². The molecule has 4 atom stereocenters. The highest BCUT2D eigenvalue weighted by molar-refractivity contribution is 5.78. The molecule has 20 heavy (non-hydrogen) atoms. The maximum absolute atomic E-state index is 12.0. The van der Waals surface area contributed by atoms with Crippen LogP contribution in [0.3, 0.4) is 0 Å². The lowest BCUT2D eigenvalue weighted by Crippen LogP contribution is -2.39. The van der Waals surface area contributed by atoms with Gasteiger partial charge in [-0.3, -0.25) is 4.79 Å². The van der Waals surface area contributed by atoms with Crippen LogP contribution in [0.2, 0.25) is 0 Å². The normalized spacial score (nSPS) is 34.7. The average Bonchev–Trinajstić information content (AvgIpc) is 2.45. The van der Waals surface area contributed by atoms with Crippen molar-refractivity contribution in [2.75, 3.05) is 13.2 Å². The van der Waals surface area contributed by atoms with E-state index in [1.54, 1.807) is 0 Å². The summed E-state index contributed by atoms with van der Waals surface area (Å²) < 4.78 is 5.91. The molecule has 2 aliphatic rings. The van der Waals surface area contributed by atoms with Gasteiger partial charge in [0.25, 0.3) is 0 Å². The molecule has 0 aromatic carbocycles. The molecular formula is C16H30N2O2. The van der Waals surface area contributed by atoms with Crippen LogP contribution in [-0.2, 0) is 9.53 Å². The van der Waals surface area contributed by atoms with Gasteiger partial charge in [-0.05, 0) is 38.0 Å². The Bertz CT molecular complexity index is 309. The second kappa shape index (κ2) is 7.99. The third-order valence-corrected chi connectivity index (χ3v) is 4.85. The molecular weight excluding hydrogens is 252 g/mol. The third-order valence-electron chi connectivity index (χ3n) is 4.85. The van der Waals surface area contributed by atoms with E-state index in [0.29, 0.717) is 25.2 Å². The van der Waals surface area contributed by atoms with Crippen molar-refractivity contribution in [3.8, 4) is 0 Å². The van der Waals surface area contributed by atoms with Crippen LogP contribution in [0, 0.1) is 11.8 Å². The fraction of sp³-hybridized carbons (Fsp3) is 0.938. The molecule has 4 nitrogen and oxygen atoms in total. The van der Waals surface area contributed by atoms with Crippen LogP contribution in [0.15, 0.2) is 0 Å². The lowest BCUT2D eigenvalue weighted by Gasteiger charge is -2.29. The number of nitrogens with one attached hydrogen (secondary N) is 1. The average molecular weight is 282 g/mol. The molecule has 0 spiro atoms. The minimum absolute atomic E-state index is 0.118. The van der Waals surface area contributed by atoms with Gasteiger partial charge in [0.2, 0.25) is 5.91 Å². The van der Waals surface area contributed by atoms with Crippen LogP contribution in [0.1, 0.15) is 58.3 Å². The van der Waals surface area contributed by atoms with Gasteiger partial charge < -0.3 is 15.8 Å². The SMILES string of the molecule is CC1CCCCC1OCCNC(=O)C1CCCC(N)C1. The van der Waals surface area contributed by atoms with Crippen molar-refractivity contribution < 1.29 is 9.53 Å². The van der Waals surface area contributed by atoms with Crippen LogP contribution < -0.4 is 11.1 Å². The van der Waals surface area contributed by atoms with Crippen LogP contribution in [0.4, 0.5) is 0 Å². The number of amides is 1. The van der Waals surface area contributed by atoms with E-state index in [0.717, 1.165) is 25.7 Å². The van der Waals surface area contributed by atoms with Gasteiger partial charge in [-0.25, -0.2) is 0 Å². The fourth-order valence-corrected chi connectivity index (χ4v) is 3.52. The van der Waals surface area contributed by atoms with E-state index >= 15 is 0 Å². The molecule has 3 N–H and O–H groups in total. The molecule has 0 aromatic rings. The lowest BCUT2D eigenvalue weighted by atomic mass is 9.85. The topological polar surface area (TPSA) is 64.3 Å². The van der Waals surface area contributed by atoms with Gasteiger partial charge in [-0.2, -0.15) is 0 Å². The number of carbonyl (C=O) groups is 1. The van der Waals surface area contributed by atoms with E-state index in [1.807, 2.05) is 0 Å². The van der Waals surface area contributed by atoms with Gasteiger partial charge in [0.1, 0.15) is 0 Å². The molecule has 2 fully saturated rings. The lowest BCUT2D eigenvalue weighted by molar-refractivity contribution is -0.126. The second-order valence-corrected chi connectivity index (χ2v) is 6.59. The van der Waals surface area contributed by atoms with Crippen LogP contribution in [-0.4, -0.2) is 31.2 Å². The summed E-state index contributed by atoms with van der Waals surface area (Å²) in [7, 11) is 0. The largest absolute Gasteiger partial charge is 0.376 e. The quantitative estimate of drug-likeness (QED) is 0.760. The highest BCUT2D eigenvalue weighted by Gasteiger charge is 2.25. The minimum Gasteiger partial charge on any atom is -0.376 e. The van der Waals surface area contributed by atoms with Crippen molar-refractivity contribution in [1.82, 2.24) is 5.32 Å². The standard InChI is InChI=1S/C16H30N2O2/c1-12-5-2-3-8-15(12)20-10-9-18-16(19)13-6-4-7-14(17)11-13/h12-15H,2-11,17H2,1H3,(H,18,19).